The lowest BCUT2D eigenvalue weighted by atomic mass is 10.2. The number of aryl methyl sites for hydroxylation is 1. The third-order valence-electron chi connectivity index (χ3n) is 2.98. The second-order valence-electron chi connectivity index (χ2n) is 5.34. The Morgan fingerprint density at radius 3 is 2.33 bits per heavy atom. The maximum absolute atomic E-state index is 14.0. The van der Waals surface area contributed by atoms with Gasteiger partial charge in [0.2, 0.25) is 0 Å². The van der Waals surface area contributed by atoms with Crippen molar-refractivity contribution in [2.24, 2.45) is 0 Å². The van der Waals surface area contributed by atoms with Gasteiger partial charge >= 0.3 is 0 Å². The van der Waals surface area contributed by atoms with Crippen molar-refractivity contribution in [1.82, 2.24) is 5.32 Å². The first-order valence-corrected chi connectivity index (χ1v) is 6.91. The van der Waals surface area contributed by atoms with Crippen LogP contribution in [0, 0.1) is 18.6 Å². The van der Waals surface area contributed by atoms with Crippen LogP contribution in [-0.4, -0.2) is 6.04 Å². The summed E-state index contributed by atoms with van der Waals surface area (Å²) in [6.07, 6.45) is 0. The zero-order chi connectivity index (χ0) is 15.4. The van der Waals surface area contributed by atoms with E-state index in [-0.39, 0.29) is 11.8 Å². The number of ether oxygens (including phenoxy) is 1. The predicted molar refractivity (Wildman–Crippen MR) is 79.6 cm³/mol. The van der Waals surface area contributed by atoms with E-state index < -0.39 is 11.6 Å². The van der Waals surface area contributed by atoms with E-state index in [1.54, 1.807) is 18.2 Å². The van der Waals surface area contributed by atoms with Gasteiger partial charge in [0.05, 0.1) is 0 Å². The lowest BCUT2D eigenvalue weighted by Gasteiger charge is -2.12. The molecule has 4 heteroatoms. The van der Waals surface area contributed by atoms with Crippen molar-refractivity contribution < 1.29 is 13.5 Å². The number of hydrogen-bond acceptors (Lipinski definition) is 2. The van der Waals surface area contributed by atoms with Crippen molar-refractivity contribution in [3.63, 3.8) is 0 Å². The average Bonchev–Trinajstić information content (AvgIpc) is 2.40. The Hall–Kier alpha value is -1.94. The number of hydrogen-bond donors (Lipinski definition) is 1. The number of rotatable bonds is 5. The molecule has 0 aliphatic carbocycles. The Kier molecular flexibility index (Phi) is 4.91. The first-order chi connectivity index (χ1) is 9.95. The van der Waals surface area contributed by atoms with Gasteiger partial charge in [-0.25, -0.2) is 8.78 Å². The van der Waals surface area contributed by atoms with Crippen LogP contribution < -0.4 is 10.1 Å². The molecule has 2 nitrogen and oxygen atoms in total. The van der Waals surface area contributed by atoms with Gasteiger partial charge in [-0.15, -0.1) is 0 Å². The highest BCUT2D eigenvalue weighted by atomic mass is 19.1. The van der Waals surface area contributed by atoms with Crippen LogP contribution in [0.25, 0.3) is 0 Å². The van der Waals surface area contributed by atoms with E-state index in [0.717, 1.165) is 5.56 Å². The van der Waals surface area contributed by atoms with Crippen LogP contribution in [0.4, 0.5) is 8.78 Å². The third-order valence-corrected chi connectivity index (χ3v) is 2.98. The summed E-state index contributed by atoms with van der Waals surface area (Å²) < 4.78 is 33.4. The zero-order valence-electron chi connectivity index (χ0n) is 12.4. The van der Waals surface area contributed by atoms with Gasteiger partial charge in [-0.1, -0.05) is 26.0 Å². The maximum atomic E-state index is 14.0. The van der Waals surface area contributed by atoms with E-state index in [2.05, 4.69) is 5.32 Å². The Labute approximate surface area is 123 Å². The first-order valence-electron chi connectivity index (χ1n) is 6.91. The first kappa shape index (κ1) is 15.4. The van der Waals surface area contributed by atoms with Crippen molar-refractivity contribution in [3.05, 3.63) is 59.2 Å². The fourth-order valence-electron chi connectivity index (χ4n) is 1.93. The monoisotopic (exact) mass is 291 g/mol. The molecule has 21 heavy (non-hydrogen) atoms. The Bertz CT molecular complexity index is 603. The second kappa shape index (κ2) is 6.68. The summed E-state index contributed by atoms with van der Waals surface area (Å²) in [6, 6.07) is 9.90. The van der Waals surface area contributed by atoms with Gasteiger partial charge in [0.15, 0.2) is 17.4 Å². The molecule has 112 valence electrons. The van der Waals surface area contributed by atoms with Crippen molar-refractivity contribution in [2.45, 2.75) is 33.4 Å². The van der Waals surface area contributed by atoms with Gasteiger partial charge in [0.1, 0.15) is 5.75 Å². The molecule has 0 aromatic heterocycles. The topological polar surface area (TPSA) is 21.3 Å². The van der Waals surface area contributed by atoms with E-state index in [1.807, 2.05) is 26.8 Å². The zero-order valence-corrected chi connectivity index (χ0v) is 12.4. The van der Waals surface area contributed by atoms with Gasteiger partial charge in [-0.3, -0.25) is 0 Å². The van der Waals surface area contributed by atoms with Crippen LogP contribution in [-0.2, 0) is 6.54 Å². The van der Waals surface area contributed by atoms with Crippen LogP contribution in [0.1, 0.15) is 25.0 Å². The fraction of sp³-hybridized carbons (Fsp3) is 0.294. The normalized spacial score (nSPS) is 11.0. The summed E-state index contributed by atoms with van der Waals surface area (Å²) in [5.74, 6) is -1.34. The molecule has 0 amide bonds. The van der Waals surface area contributed by atoms with Crippen LogP contribution in [0.15, 0.2) is 36.4 Å². The van der Waals surface area contributed by atoms with Gasteiger partial charge in [-0.2, -0.15) is 0 Å². The summed E-state index contributed by atoms with van der Waals surface area (Å²) in [5, 5.41) is 3.12. The van der Waals surface area contributed by atoms with Crippen LogP contribution in [0.2, 0.25) is 0 Å². The molecular formula is C17H19F2NO. The summed E-state index contributed by atoms with van der Waals surface area (Å²) in [7, 11) is 0. The number of halogens is 2. The summed E-state index contributed by atoms with van der Waals surface area (Å²) in [4.78, 5) is 0. The number of nitrogens with one attached hydrogen (secondary N) is 1. The van der Waals surface area contributed by atoms with Crippen LogP contribution in [0.5, 0.6) is 11.5 Å². The minimum Gasteiger partial charge on any atom is -0.451 e. The summed E-state index contributed by atoms with van der Waals surface area (Å²) in [6.45, 7) is 6.25. The van der Waals surface area contributed by atoms with Crippen LogP contribution in [0.3, 0.4) is 0 Å². The molecule has 0 aliphatic heterocycles. The fourth-order valence-corrected chi connectivity index (χ4v) is 1.93. The summed E-state index contributed by atoms with van der Waals surface area (Å²) in [5.41, 5.74) is 1.52. The average molecular weight is 291 g/mol. The highest BCUT2D eigenvalue weighted by Gasteiger charge is 2.14. The number of benzene rings is 2. The third kappa shape index (κ3) is 4.26. The molecule has 0 unspecified atom stereocenters. The van der Waals surface area contributed by atoms with E-state index in [0.29, 0.717) is 17.9 Å². The van der Waals surface area contributed by atoms with Gasteiger partial charge in [0.25, 0.3) is 0 Å². The molecule has 2 aromatic rings. The van der Waals surface area contributed by atoms with Crippen LogP contribution >= 0.6 is 0 Å². The smallest absolute Gasteiger partial charge is 0.198 e. The molecule has 0 spiro atoms. The lowest BCUT2D eigenvalue weighted by Crippen LogP contribution is -2.22. The van der Waals surface area contributed by atoms with E-state index in [4.69, 9.17) is 4.74 Å². The molecule has 0 bridgehead atoms. The SMILES string of the molecule is Cc1cccc(Oc2c(F)cc(CNC(C)C)cc2F)c1. The quantitative estimate of drug-likeness (QED) is 0.871. The maximum Gasteiger partial charge on any atom is 0.198 e. The Morgan fingerprint density at radius 1 is 1.10 bits per heavy atom. The van der Waals surface area contributed by atoms with Gasteiger partial charge in [-0.05, 0) is 42.3 Å². The van der Waals surface area contributed by atoms with Gasteiger partial charge < -0.3 is 10.1 Å². The highest BCUT2D eigenvalue weighted by molar-refractivity contribution is 5.37. The Balaban J connectivity index is 2.21. The van der Waals surface area contributed by atoms with Gasteiger partial charge in [0, 0.05) is 12.6 Å². The van der Waals surface area contributed by atoms with E-state index in [9.17, 15) is 8.78 Å². The van der Waals surface area contributed by atoms with E-state index in [1.165, 1.54) is 12.1 Å². The molecule has 0 heterocycles. The minimum atomic E-state index is -0.697. The molecule has 0 fully saturated rings. The van der Waals surface area contributed by atoms with Crippen molar-refractivity contribution >= 4 is 0 Å². The molecule has 0 atom stereocenters. The molecule has 0 saturated carbocycles. The minimum absolute atomic E-state index is 0.249. The van der Waals surface area contributed by atoms with Crippen molar-refractivity contribution in [2.75, 3.05) is 0 Å². The highest BCUT2D eigenvalue weighted by Crippen LogP contribution is 2.29. The molecule has 2 rings (SSSR count). The molecule has 0 radical (unpaired) electrons. The molecule has 1 N–H and O–H groups in total. The molecule has 0 aliphatic rings. The van der Waals surface area contributed by atoms with E-state index >= 15 is 0 Å². The van der Waals surface area contributed by atoms with Crippen molar-refractivity contribution in [1.29, 1.82) is 0 Å². The Morgan fingerprint density at radius 2 is 1.76 bits per heavy atom. The standard InChI is InChI=1S/C17H19F2NO/c1-11(2)20-10-13-8-15(18)17(16(19)9-13)21-14-6-4-5-12(3)7-14/h4-9,11,20H,10H2,1-3H3. The summed E-state index contributed by atoms with van der Waals surface area (Å²) >= 11 is 0. The lowest BCUT2D eigenvalue weighted by molar-refractivity contribution is 0.405. The molecule has 0 saturated heterocycles. The second-order valence-corrected chi connectivity index (χ2v) is 5.34. The molecular weight excluding hydrogens is 272 g/mol. The largest absolute Gasteiger partial charge is 0.451 e. The molecule has 2 aromatic carbocycles. The predicted octanol–water partition coefficient (Wildman–Crippen LogP) is 4.56. The van der Waals surface area contributed by atoms with Crippen molar-refractivity contribution in [3.8, 4) is 11.5 Å².